The highest BCUT2D eigenvalue weighted by atomic mass is 16.7. The molecule has 0 saturated carbocycles. The number of rotatable bonds is 7. The fraction of sp³-hybridized carbons (Fsp3) is 0.923. The van der Waals surface area contributed by atoms with Gasteiger partial charge in [0.05, 0.1) is 13.2 Å². The third kappa shape index (κ3) is 4.64. The van der Waals surface area contributed by atoms with Crippen LogP contribution < -0.4 is 0 Å². The van der Waals surface area contributed by atoms with Gasteiger partial charge < -0.3 is 14.4 Å². The van der Waals surface area contributed by atoms with E-state index < -0.39 is 5.79 Å². The topological polar surface area (TPSA) is 38.8 Å². The number of ether oxygens (including phenoxy) is 2. The molecule has 4 heteroatoms. The predicted molar refractivity (Wildman–Crippen MR) is 66.7 cm³/mol. The molecule has 17 heavy (non-hydrogen) atoms. The SMILES string of the molecule is CCCN(CCC)C(=O)CCC1(C)OCCO1. The first-order valence-electron chi connectivity index (χ1n) is 6.67. The van der Waals surface area contributed by atoms with Gasteiger partial charge in [0.2, 0.25) is 5.91 Å². The number of hydrogen-bond donors (Lipinski definition) is 0. The van der Waals surface area contributed by atoms with Crippen molar-refractivity contribution in [3.05, 3.63) is 0 Å². The van der Waals surface area contributed by atoms with Crippen molar-refractivity contribution in [2.24, 2.45) is 0 Å². The van der Waals surface area contributed by atoms with Crippen LogP contribution in [0.3, 0.4) is 0 Å². The van der Waals surface area contributed by atoms with Crippen LogP contribution >= 0.6 is 0 Å². The maximum absolute atomic E-state index is 12.0. The Balaban J connectivity index is 2.35. The molecule has 1 amide bonds. The molecule has 1 saturated heterocycles. The van der Waals surface area contributed by atoms with E-state index in [2.05, 4.69) is 13.8 Å². The summed E-state index contributed by atoms with van der Waals surface area (Å²) in [4.78, 5) is 14.0. The second kappa shape index (κ2) is 6.97. The highest BCUT2D eigenvalue weighted by Gasteiger charge is 2.31. The molecular formula is C13H25NO3. The summed E-state index contributed by atoms with van der Waals surface area (Å²) in [5, 5.41) is 0. The van der Waals surface area contributed by atoms with Crippen LogP contribution in [0.1, 0.15) is 46.5 Å². The zero-order valence-corrected chi connectivity index (χ0v) is 11.3. The van der Waals surface area contributed by atoms with Gasteiger partial charge in [-0.05, 0) is 19.8 Å². The number of carbonyl (C=O) groups excluding carboxylic acids is 1. The Morgan fingerprint density at radius 2 is 1.71 bits per heavy atom. The zero-order valence-electron chi connectivity index (χ0n) is 11.3. The zero-order chi connectivity index (χ0) is 12.7. The molecule has 0 bridgehead atoms. The fourth-order valence-electron chi connectivity index (χ4n) is 2.09. The predicted octanol–water partition coefficient (Wildman–Crippen LogP) is 2.18. The standard InChI is InChI=1S/C13H25NO3/c1-4-8-14(9-5-2)12(15)6-7-13(3)16-10-11-17-13/h4-11H2,1-3H3. The summed E-state index contributed by atoms with van der Waals surface area (Å²) in [6.45, 7) is 9.09. The molecule has 0 unspecified atom stereocenters. The molecule has 0 spiro atoms. The lowest BCUT2D eigenvalue weighted by Crippen LogP contribution is -2.35. The minimum Gasteiger partial charge on any atom is -0.348 e. The van der Waals surface area contributed by atoms with Gasteiger partial charge in [0.1, 0.15) is 0 Å². The summed E-state index contributed by atoms with van der Waals surface area (Å²) in [5.41, 5.74) is 0. The van der Waals surface area contributed by atoms with Gasteiger partial charge in [-0.3, -0.25) is 4.79 Å². The van der Waals surface area contributed by atoms with Crippen LogP contribution in [0.2, 0.25) is 0 Å². The Morgan fingerprint density at radius 3 is 2.18 bits per heavy atom. The van der Waals surface area contributed by atoms with E-state index in [1.165, 1.54) is 0 Å². The molecular weight excluding hydrogens is 218 g/mol. The van der Waals surface area contributed by atoms with Gasteiger partial charge in [0, 0.05) is 25.9 Å². The van der Waals surface area contributed by atoms with Crippen LogP contribution in [0.25, 0.3) is 0 Å². The summed E-state index contributed by atoms with van der Waals surface area (Å²) in [5.74, 6) is -0.325. The van der Waals surface area contributed by atoms with Crippen LogP contribution in [0.4, 0.5) is 0 Å². The average Bonchev–Trinajstić information content (AvgIpc) is 2.73. The van der Waals surface area contributed by atoms with Crippen molar-refractivity contribution in [1.82, 2.24) is 4.90 Å². The van der Waals surface area contributed by atoms with Gasteiger partial charge in [-0.1, -0.05) is 13.8 Å². The van der Waals surface area contributed by atoms with Gasteiger partial charge in [0.15, 0.2) is 5.79 Å². The fourth-order valence-corrected chi connectivity index (χ4v) is 2.09. The molecule has 0 atom stereocenters. The summed E-state index contributed by atoms with van der Waals surface area (Å²) >= 11 is 0. The maximum Gasteiger partial charge on any atom is 0.222 e. The molecule has 1 fully saturated rings. The molecule has 100 valence electrons. The first-order chi connectivity index (χ1) is 8.11. The van der Waals surface area contributed by atoms with Gasteiger partial charge in [-0.15, -0.1) is 0 Å². The molecule has 0 radical (unpaired) electrons. The molecule has 0 N–H and O–H groups in total. The molecule has 0 aliphatic carbocycles. The molecule has 1 heterocycles. The summed E-state index contributed by atoms with van der Waals surface area (Å²) in [6, 6.07) is 0. The first kappa shape index (κ1) is 14.5. The van der Waals surface area contributed by atoms with Crippen molar-refractivity contribution in [1.29, 1.82) is 0 Å². The van der Waals surface area contributed by atoms with Crippen molar-refractivity contribution >= 4 is 5.91 Å². The van der Waals surface area contributed by atoms with E-state index in [0.29, 0.717) is 26.1 Å². The van der Waals surface area contributed by atoms with Crippen molar-refractivity contribution in [3.8, 4) is 0 Å². The van der Waals surface area contributed by atoms with Gasteiger partial charge in [0.25, 0.3) is 0 Å². The normalized spacial score (nSPS) is 18.3. The molecule has 0 aromatic carbocycles. The average molecular weight is 243 g/mol. The first-order valence-corrected chi connectivity index (χ1v) is 6.67. The molecule has 0 aromatic rings. The number of amides is 1. The van der Waals surface area contributed by atoms with Gasteiger partial charge in [-0.2, -0.15) is 0 Å². The third-order valence-electron chi connectivity index (χ3n) is 3.03. The van der Waals surface area contributed by atoms with Crippen LogP contribution in [0.5, 0.6) is 0 Å². The van der Waals surface area contributed by atoms with Crippen LogP contribution in [-0.2, 0) is 14.3 Å². The van der Waals surface area contributed by atoms with E-state index in [9.17, 15) is 4.79 Å². The number of hydrogen-bond acceptors (Lipinski definition) is 3. The van der Waals surface area contributed by atoms with E-state index in [1.807, 2.05) is 11.8 Å². The molecule has 4 nitrogen and oxygen atoms in total. The lowest BCUT2D eigenvalue weighted by atomic mass is 10.1. The monoisotopic (exact) mass is 243 g/mol. The van der Waals surface area contributed by atoms with Crippen LogP contribution in [0, 0.1) is 0 Å². The van der Waals surface area contributed by atoms with Gasteiger partial charge >= 0.3 is 0 Å². The molecule has 0 aromatic heterocycles. The third-order valence-corrected chi connectivity index (χ3v) is 3.03. The van der Waals surface area contributed by atoms with Crippen LogP contribution in [-0.4, -0.2) is 42.9 Å². The lowest BCUT2D eigenvalue weighted by molar-refractivity contribution is -0.155. The Kier molecular flexibility index (Phi) is 5.92. The molecule has 1 aliphatic heterocycles. The minimum absolute atomic E-state index is 0.217. The smallest absolute Gasteiger partial charge is 0.222 e. The summed E-state index contributed by atoms with van der Waals surface area (Å²) < 4.78 is 11.0. The Hall–Kier alpha value is -0.610. The lowest BCUT2D eigenvalue weighted by Gasteiger charge is -2.25. The highest BCUT2D eigenvalue weighted by molar-refractivity contribution is 5.76. The van der Waals surface area contributed by atoms with Crippen molar-refractivity contribution in [3.63, 3.8) is 0 Å². The van der Waals surface area contributed by atoms with E-state index in [-0.39, 0.29) is 5.91 Å². The Bertz CT molecular complexity index is 231. The van der Waals surface area contributed by atoms with E-state index in [1.54, 1.807) is 0 Å². The van der Waals surface area contributed by atoms with E-state index in [0.717, 1.165) is 25.9 Å². The maximum atomic E-state index is 12.0. The van der Waals surface area contributed by atoms with Crippen LogP contribution in [0.15, 0.2) is 0 Å². The van der Waals surface area contributed by atoms with E-state index >= 15 is 0 Å². The van der Waals surface area contributed by atoms with Crippen molar-refractivity contribution in [2.45, 2.75) is 52.2 Å². The number of nitrogens with zero attached hydrogens (tertiary/aromatic N) is 1. The summed E-state index contributed by atoms with van der Waals surface area (Å²) in [7, 11) is 0. The Morgan fingerprint density at radius 1 is 1.18 bits per heavy atom. The quantitative estimate of drug-likeness (QED) is 0.688. The minimum atomic E-state index is -0.542. The highest BCUT2D eigenvalue weighted by Crippen LogP contribution is 2.24. The van der Waals surface area contributed by atoms with Gasteiger partial charge in [-0.25, -0.2) is 0 Å². The van der Waals surface area contributed by atoms with Crippen molar-refractivity contribution < 1.29 is 14.3 Å². The largest absolute Gasteiger partial charge is 0.348 e. The summed E-state index contributed by atoms with van der Waals surface area (Å²) in [6.07, 6.45) is 3.18. The number of carbonyl (C=O) groups is 1. The second-order valence-electron chi connectivity index (χ2n) is 4.71. The van der Waals surface area contributed by atoms with Crippen molar-refractivity contribution in [2.75, 3.05) is 26.3 Å². The second-order valence-corrected chi connectivity index (χ2v) is 4.71. The van der Waals surface area contributed by atoms with E-state index in [4.69, 9.17) is 9.47 Å². The molecule has 1 rings (SSSR count). The Labute approximate surface area is 104 Å². The molecule has 1 aliphatic rings.